The summed E-state index contributed by atoms with van der Waals surface area (Å²) in [6.07, 6.45) is 0. The molecule has 0 atom stereocenters. The summed E-state index contributed by atoms with van der Waals surface area (Å²) in [4.78, 5) is 13.4. The molecular formula is C17H14BrClN2O4S. The second kappa shape index (κ2) is 9.03. The van der Waals surface area contributed by atoms with Crippen LogP contribution >= 0.6 is 39.3 Å². The summed E-state index contributed by atoms with van der Waals surface area (Å²) >= 11 is 10.5. The molecular weight excluding hydrogens is 444 g/mol. The van der Waals surface area contributed by atoms with Crippen molar-refractivity contribution in [1.82, 2.24) is 0 Å². The molecule has 1 amide bonds. The number of ether oxygens (including phenoxy) is 3. The molecule has 0 saturated carbocycles. The smallest absolute Gasteiger partial charge is 0.257 e. The zero-order chi connectivity index (χ0) is 19.3. The minimum absolute atomic E-state index is 0.283. The molecule has 2 aromatic carbocycles. The standard InChI is InChI=1S/C17H14BrClN2O4S/c1-23-13-7-10(14(18)16(25-3)15(13)24-2)17(22)21-12-5-4-9(26-8-20)6-11(12)19/h4-7H,1-3H3,(H,21,22). The zero-order valence-corrected chi connectivity index (χ0v) is 17.2. The quantitative estimate of drug-likeness (QED) is 0.488. The highest BCUT2D eigenvalue weighted by atomic mass is 79.9. The first-order valence-corrected chi connectivity index (χ1v) is 9.10. The van der Waals surface area contributed by atoms with E-state index in [2.05, 4.69) is 21.2 Å². The first kappa shape index (κ1) is 20.2. The van der Waals surface area contributed by atoms with Crippen LogP contribution in [-0.2, 0) is 0 Å². The van der Waals surface area contributed by atoms with Crippen molar-refractivity contribution >= 4 is 50.9 Å². The van der Waals surface area contributed by atoms with Crippen molar-refractivity contribution in [3.8, 4) is 22.6 Å². The van der Waals surface area contributed by atoms with Gasteiger partial charge in [-0.2, -0.15) is 5.26 Å². The molecule has 0 aliphatic heterocycles. The molecule has 0 aliphatic rings. The summed E-state index contributed by atoms with van der Waals surface area (Å²) in [5.74, 6) is 0.640. The van der Waals surface area contributed by atoms with Gasteiger partial charge in [-0.25, -0.2) is 0 Å². The Bertz CT molecular complexity index is 886. The Balaban J connectivity index is 2.40. The molecule has 0 saturated heterocycles. The molecule has 0 bridgehead atoms. The summed E-state index contributed by atoms with van der Waals surface area (Å²) in [7, 11) is 4.41. The summed E-state index contributed by atoms with van der Waals surface area (Å²) in [5.41, 5.74) is 0.700. The van der Waals surface area contributed by atoms with Gasteiger partial charge in [0, 0.05) is 4.90 Å². The fraction of sp³-hybridized carbons (Fsp3) is 0.176. The Morgan fingerprint density at radius 3 is 2.42 bits per heavy atom. The van der Waals surface area contributed by atoms with Gasteiger partial charge < -0.3 is 19.5 Å². The lowest BCUT2D eigenvalue weighted by atomic mass is 10.1. The maximum atomic E-state index is 12.7. The molecule has 0 spiro atoms. The van der Waals surface area contributed by atoms with Crippen LogP contribution in [0.3, 0.4) is 0 Å². The Hall–Kier alpha value is -2.08. The van der Waals surface area contributed by atoms with Crippen LogP contribution in [0.1, 0.15) is 10.4 Å². The van der Waals surface area contributed by atoms with Crippen LogP contribution in [0, 0.1) is 10.7 Å². The average Bonchev–Trinajstić information content (AvgIpc) is 2.63. The van der Waals surface area contributed by atoms with Gasteiger partial charge in [-0.15, -0.1) is 0 Å². The molecule has 1 N–H and O–H groups in total. The first-order chi connectivity index (χ1) is 12.5. The maximum Gasteiger partial charge on any atom is 0.257 e. The van der Waals surface area contributed by atoms with E-state index in [1.165, 1.54) is 27.4 Å². The van der Waals surface area contributed by atoms with Gasteiger partial charge in [0.15, 0.2) is 11.5 Å². The van der Waals surface area contributed by atoms with E-state index in [-0.39, 0.29) is 5.56 Å². The summed E-state index contributed by atoms with van der Waals surface area (Å²) in [6.45, 7) is 0. The van der Waals surface area contributed by atoms with Crippen molar-refractivity contribution in [2.75, 3.05) is 26.6 Å². The third-order valence-corrected chi connectivity index (χ3v) is 5.05. The largest absolute Gasteiger partial charge is 0.493 e. The molecule has 0 fully saturated rings. The number of thiocyanates is 1. The van der Waals surface area contributed by atoms with E-state index < -0.39 is 5.91 Å². The monoisotopic (exact) mass is 456 g/mol. The highest BCUT2D eigenvalue weighted by Crippen LogP contribution is 2.45. The highest BCUT2D eigenvalue weighted by Gasteiger charge is 2.23. The van der Waals surface area contributed by atoms with Crippen molar-refractivity contribution in [3.05, 3.63) is 39.3 Å². The van der Waals surface area contributed by atoms with Crippen LogP contribution in [0.25, 0.3) is 0 Å². The van der Waals surface area contributed by atoms with Gasteiger partial charge in [0.05, 0.1) is 42.1 Å². The zero-order valence-electron chi connectivity index (χ0n) is 14.1. The third-order valence-electron chi connectivity index (χ3n) is 3.37. The second-order valence-electron chi connectivity index (χ2n) is 4.80. The number of nitriles is 1. The lowest BCUT2D eigenvalue weighted by Gasteiger charge is -2.17. The Labute approximate surface area is 168 Å². The molecule has 0 heterocycles. The Morgan fingerprint density at radius 2 is 1.88 bits per heavy atom. The Kier molecular flexibility index (Phi) is 7.03. The number of hydrogen-bond acceptors (Lipinski definition) is 6. The molecule has 136 valence electrons. The van der Waals surface area contributed by atoms with Gasteiger partial charge in [-0.1, -0.05) is 11.6 Å². The second-order valence-corrected chi connectivity index (χ2v) is 6.85. The van der Waals surface area contributed by atoms with Gasteiger partial charge in [0.2, 0.25) is 5.75 Å². The van der Waals surface area contributed by atoms with Crippen molar-refractivity contribution < 1.29 is 19.0 Å². The van der Waals surface area contributed by atoms with Crippen molar-refractivity contribution in [2.45, 2.75) is 4.90 Å². The number of amides is 1. The summed E-state index contributed by atoms with van der Waals surface area (Å²) in [6, 6.07) is 6.47. The lowest BCUT2D eigenvalue weighted by Crippen LogP contribution is -2.14. The molecule has 6 nitrogen and oxygen atoms in total. The number of hydrogen-bond donors (Lipinski definition) is 1. The molecule has 0 radical (unpaired) electrons. The van der Waals surface area contributed by atoms with E-state index in [0.717, 1.165) is 11.8 Å². The normalized spacial score (nSPS) is 10.0. The minimum atomic E-state index is -0.418. The van der Waals surface area contributed by atoms with Crippen LogP contribution in [0.15, 0.2) is 33.6 Å². The number of nitrogens with zero attached hydrogens (tertiary/aromatic N) is 1. The van der Waals surface area contributed by atoms with Crippen LogP contribution in [0.2, 0.25) is 5.02 Å². The number of carbonyl (C=O) groups excluding carboxylic acids is 1. The van der Waals surface area contributed by atoms with E-state index >= 15 is 0 Å². The Morgan fingerprint density at radius 1 is 1.19 bits per heavy atom. The summed E-state index contributed by atoms with van der Waals surface area (Å²) < 4.78 is 16.3. The van der Waals surface area contributed by atoms with E-state index in [4.69, 9.17) is 31.1 Å². The van der Waals surface area contributed by atoms with Gasteiger partial charge in [-0.05, 0) is 52.0 Å². The minimum Gasteiger partial charge on any atom is -0.493 e. The SMILES string of the molecule is COc1cc(C(=O)Nc2ccc(SC#N)cc2Cl)c(Br)c(OC)c1OC. The van der Waals surface area contributed by atoms with Gasteiger partial charge >= 0.3 is 0 Å². The number of methoxy groups -OCH3 is 3. The first-order valence-electron chi connectivity index (χ1n) is 7.12. The highest BCUT2D eigenvalue weighted by molar-refractivity contribution is 9.10. The molecule has 0 unspecified atom stereocenters. The number of thioether (sulfide) groups is 1. The van der Waals surface area contributed by atoms with Crippen molar-refractivity contribution in [2.24, 2.45) is 0 Å². The van der Waals surface area contributed by atoms with Gasteiger partial charge in [0.1, 0.15) is 5.40 Å². The fourth-order valence-electron chi connectivity index (χ4n) is 2.19. The number of rotatable bonds is 6. The van der Waals surface area contributed by atoms with E-state index in [1.807, 2.05) is 5.40 Å². The number of carbonyl (C=O) groups is 1. The number of nitrogens with one attached hydrogen (secondary N) is 1. The van der Waals surface area contributed by atoms with Crippen LogP contribution in [-0.4, -0.2) is 27.2 Å². The van der Waals surface area contributed by atoms with Crippen LogP contribution in [0.4, 0.5) is 5.69 Å². The molecule has 26 heavy (non-hydrogen) atoms. The topological polar surface area (TPSA) is 80.6 Å². The average molecular weight is 458 g/mol. The lowest BCUT2D eigenvalue weighted by molar-refractivity contribution is 0.102. The van der Waals surface area contributed by atoms with E-state index in [1.54, 1.807) is 18.2 Å². The van der Waals surface area contributed by atoms with Gasteiger partial charge in [-0.3, -0.25) is 4.79 Å². The predicted molar refractivity (Wildman–Crippen MR) is 105 cm³/mol. The van der Waals surface area contributed by atoms with E-state index in [9.17, 15) is 4.79 Å². The number of benzene rings is 2. The molecule has 2 aromatic rings. The summed E-state index contributed by atoms with van der Waals surface area (Å²) in [5, 5.41) is 13.7. The van der Waals surface area contributed by atoms with Crippen molar-refractivity contribution in [1.29, 1.82) is 5.26 Å². The number of halogens is 2. The van der Waals surface area contributed by atoms with Gasteiger partial charge in [0.25, 0.3) is 5.91 Å². The van der Waals surface area contributed by atoms with Crippen LogP contribution in [0.5, 0.6) is 17.2 Å². The molecule has 9 heteroatoms. The molecule has 0 aliphatic carbocycles. The van der Waals surface area contributed by atoms with Crippen molar-refractivity contribution in [3.63, 3.8) is 0 Å². The van der Waals surface area contributed by atoms with Crippen LogP contribution < -0.4 is 19.5 Å². The third kappa shape index (κ3) is 4.18. The maximum absolute atomic E-state index is 12.7. The molecule has 0 aromatic heterocycles. The molecule has 2 rings (SSSR count). The number of anilines is 1. The van der Waals surface area contributed by atoms with E-state index in [0.29, 0.717) is 37.3 Å². The fourth-order valence-corrected chi connectivity index (χ4v) is 3.54. The predicted octanol–water partition coefficient (Wildman–Crippen LogP) is 4.95.